The maximum absolute atomic E-state index is 12.9. The molecule has 0 saturated heterocycles. The molecule has 0 radical (unpaired) electrons. The second kappa shape index (κ2) is 8.11. The number of anilines is 1. The summed E-state index contributed by atoms with van der Waals surface area (Å²) in [5.41, 5.74) is 3.91. The smallest absolute Gasteiger partial charge is 0.239 e. The SMILES string of the molecule is O=C(CNc1ccccc1-c1ccccc1)NCc1ccc(F)cc1. The summed E-state index contributed by atoms with van der Waals surface area (Å²) in [6.07, 6.45) is 0. The number of nitrogens with one attached hydrogen (secondary N) is 2. The molecule has 0 aromatic heterocycles. The number of carbonyl (C=O) groups excluding carboxylic acids is 1. The minimum absolute atomic E-state index is 0.118. The standard InChI is InChI=1S/C21H19FN2O/c22-18-12-10-16(11-13-18)14-24-21(25)15-23-20-9-5-4-8-19(20)17-6-2-1-3-7-17/h1-13,23H,14-15H2,(H,24,25). The predicted molar refractivity (Wildman–Crippen MR) is 98.6 cm³/mol. The van der Waals surface area contributed by atoms with Crippen molar-refractivity contribution in [3.8, 4) is 11.1 Å². The van der Waals surface area contributed by atoms with Gasteiger partial charge in [0.1, 0.15) is 5.82 Å². The molecule has 126 valence electrons. The third-order valence-electron chi connectivity index (χ3n) is 3.85. The lowest BCUT2D eigenvalue weighted by atomic mass is 10.0. The van der Waals surface area contributed by atoms with Crippen molar-refractivity contribution in [1.82, 2.24) is 5.32 Å². The Labute approximate surface area is 146 Å². The first-order chi connectivity index (χ1) is 12.2. The van der Waals surface area contributed by atoms with E-state index in [0.29, 0.717) is 6.54 Å². The molecule has 0 bridgehead atoms. The van der Waals surface area contributed by atoms with E-state index < -0.39 is 0 Å². The van der Waals surface area contributed by atoms with Gasteiger partial charge in [-0.3, -0.25) is 4.79 Å². The highest BCUT2D eigenvalue weighted by Crippen LogP contribution is 2.27. The lowest BCUT2D eigenvalue weighted by Gasteiger charge is -2.12. The van der Waals surface area contributed by atoms with Crippen LogP contribution in [0.5, 0.6) is 0 Å². The maximum atomic E-state index is 12.9. The summed E-state index contributed by atoms with van der Waals surface area (Å²) in [6.45, 7) is 0.548. The number of amides is 1. The molecule has 0 spiro atoms. The Morgan fingerprint density at radius 2 is 1.52 bits per heavy atom. The highest BCUT2D eigenvalue weighted by Gasteiger charge is 2.06. The number of rotatable bonds is 6. The van der Waals surface area contributed by atoms with Gasteiger partial charge in [-0.05, 0) is 29.3 Å². The number of hydrogen-bond donors (Lipinski definition) is 2. The van der Waals surface area contributed by atoms with E-state index in [4.69, 9.17) is 0 Å². The number of benzene rings is 3. The molecule has 0 fully saturated rings. The summed E-state index contributed by atoms with van der Waals surface area (Å²) >= 11 is 0. The molecule has 4 heteroatoms. The Balaban J connectivity index is 1.58. The average Bonchev–Trinajstić information content (AvgIpc) is 2.67. The van der Waals surface area contributed by atoms with Crippen LogP contribution in [-0.2, 0) is 11.3 Å². The lowest BCUT2D eigenvalue weighted by molar-refractivity contribution is -0.119. The zero-order valence-corrected chi connectivity index (χ0v) is 13.7. The predicted octanol–water partition coefficient (Wildman–Crippen LogP) is 4.22. The van der Waals surface area contributed by atoms with Gasteiger partial charge in [0.2, 0.25) is 5.91 Å². The lowest BCUT2D eigenvalue weighted by Crippen LogP contribution is -2.29. The van der Waals surface area contributed by atoms with Gasteiger partial charge >= 0.3 is 0 Å². The van der Waals surface area contributed by atoms with Crippen molar-refractivity contribution in [2.45, 2.75) is 6.54 Å². The van der Waals surface area contributed by atoms with Crippen molar-refractivity contribution in [3.63, 3.8) is 0 Å². The largest absolute Gasteiger partial charge is 0.376 e. The van der Waals surface area contributed by atoms with E-state index in [1.165, 1.54) is 12.1 Å². The van der Waals surface area contributed by atoms with Crippen LogP contribution in [0.2, 0.25) is 0 Å². The third kappa shape index (κ3) is 4.67. The molecular formula is C21H19FN2O. The summed E-state index contributed by atoms with van der Waals surface area (Å²) in [5, 5.41) is 6.01. The molecule has 3 rings (SSSR count). The first-order valence-corrected chi connectivity index (χ1v) is 8.12. The fourth-order valence-electron chi connectivity index (χ4n) is 2.55. The Morgan fingerprint density at radius 1 is 0.840 bits per heavy atom. The Morgan fingerprint density at radius 3 is 2.28 bits per heavy atom. The van der Waals surface area contributed by atoms with E-state index >= 15 is 0 Å². The van der Waals surface area contributed by atoms with E-state index in [1.54, 1.807) is 12.1 Å². The van der Waals surface area contributed by atoms with Crippen LogP contribution in [0.25, 0.3) is 11.1 Å². The molecule has 2 N–H and O–H groups in total. The van der Waals surface area contributed by atoms with Crippen molar-refractivity contribution < 1.29 is 9.18 Å². The molecule has 0 heterocycles. The topological polar surface area (TPSA) is 41.1 Å². The summed E-state index contributed by atoms with van der Waals surface area (Å²) in [4.78, 5) is 12.1. The van der Waals surface area contributed by atoms with Crippen LogP contribution >= 0.6 is 0 Å². The van der Waals surface area contributed by atoms with E-state index in [-0.39, 0.29) is 18.3 Å². The van der Waals surface area contributed by atoms with Crippen LogP contribution in [-0.4, -0.2) is 12.5 Å². The van der Waals surface area contributed by atoms with Crippen LogP contribution in [0, 0.1) is 5.82 Å². The first kappa shape index (κ1) is 16.7. The molecule has 0 aliphatic carbocycles. The molecule has 0 aliphatic heterocycles. The van der Waals surface area contributed by atoms with E-state index in [9.17, 15) is 9.18 Å². The monoisotopic (exact) mass is 334 g/mol. The highest BCUT2D eigenvalue weighted by molar-refractivity contribution is 5.84. The molecule has 0 atom stereocenters. The van der Waals surface area contributed by atoms with Gasteiger partial charge in [-0.2, -0.15) is 0 Å². The molecule has 3 nitrogen and oxygen atoms in total. The van der Waals surface area contributed by atoms with Crippen LogP contribution in [0.3, 0.4) is 0 Å². The number of hydrogen-bond acceptors (Lipinski definition) is 2. The third-order valence-corrected chi connectivity index (χ3v) is 3.85. The van der Waals surface area contributed by atoms with Gasteiger partial charge in [-0.25, -0.2) is 4.39 Å². The second-order valence-corrected chi connectivity index (χ2v) is 5.67. The van der Waals surface area contributed by atoms with Gasteiger partial charge in [-0.1, -0.05) is 60.7 Å². The van der Waals surface area contributed by atoms with Gasteiger partial charge in [0, 0.05) is 17.8 Å². The summed E-state index contributed by atoms with van der Waals surface area (Å²) in [6, 6.07) is 24.0. The Bertz CT molecular complexity index is 832. The number of carbonyl (C=O) groups is 1. The zero-order valence-electron chi connectivity index (χ0n) is 13.7. The van der Waals surface area contributed by atoms with Crippen LogP contribution in [0.15, 0.2) is 78.9 Å². The van der Waals surface area contributed by atoms with Crippen molar-refractivity contribution in [3.05, 3.63) is 90.2 Å². The van der Waals surface area contributed by atoms with E-state index in [1.807, 2.05) is 54.6 Å². The summed E-state index contributed by atoms with van der Waals surface area (Å²) < 4.78 is 12.9. The fourth-order valence-corrected chi connectivity index (χ4v) is 2.55. The maximum Gasteiger partial charge on any atom is 0.239 e. The Hall–Kier alpha value is -3.14. The van der Waals surface area contributed by atoms with Gasteiger partial charge in [0.15, 0.2) is 0 Å². The van der Waals surface area contributed by atoms with Crippen molar-refractivity contribution in [2.75, 3.05) is 11.9 Å². The molecule has 3 aromatic rings. The summed E-state index contributed by atoms with van der Waals surface area (Å²) in [5.74, 6) is -0.401. The first-order valence-electron chi connectivity index (χ1n) is 8.12. The molecule has 3 aromatic carbocycles. The fraction of sp³-hybridized carbons (Fsp3) is 0.0952. The van der Waals surface area contributed by atoms with Gasteiger partial charge in [0.05, 0.1) is 6.54 Å². The van der Waals surface area contributed by atoms with Crippen molar-refractivity contribution in [2.24, 2.45) is 0 Å². The van der Waals surface area contributed by atoms with Crippen molar-refractivity contribution >= 4 is 11.6 Å². The molecule has 0 unspecified atom stereocenters. The molecule has 1 amide bonds. The minimum Gasteiger partial charge on any atom is -0.376 e. The van der Waals surface area contributed by atoms with E-state index in [0.717, 1.165) is 22.4 Å². The van der Waals surface area contributed by atoms with Crippen LogP contribution in [0.4, 0.5) is 10.1 Å². The van der Waals surface area contributed by atoms with E-state index in [2.05, 4.69) is 10.6 Å². The van der Waals surface area contributed by atoms with Gasteiger partial charge in [-0.15, -0.1) is 0 Å². The van der Waals surface area contributed by atoms with Gasteiger partial charge < -0.3 is 10.6 Å². The highest BCUT2D eigenvalue weighted by atomic mass is 19.1. The minimum atomic E-state index is -0.283. The quantitative estimate of drug-likeness (QED) is 0.708. The van der Waals surface area contributed by atoms with Crippen molar-refractivity contribution in [1.29, 1.82) is 0 Å². The van der Waals surface area contributed by atoms with Gasteiger partial charge in [0.25, 0.3) is 0 Å². The summed E-state index contributed by atoms with van der Waals surface area (Å²) in [7, 11) is 0. The Kier molecular flexibility index (Phi) is 5.42. The normalized spacial score (nSPS) is 10.3. The number of para-hydroxylation sites is 1. The number of halogens is 1. The second-order valence-electron chi connectivity index (χ2n) is 5.67. The molecule has 25 heavy (non-hydrogen) atoms. The molecule has 0 saturated carbocycles. The molecule has 0 aliphatic rings. The zero-order chi connectivity index (χ0) is 17.5. The molecular weight excluding hydrogens is 315 g/mol. The van der Waals surface area contributed by atoms with Crippen LogP contribution < -0.4 is 10.6 Å². The van der Waals surface area contributed by atoms with Crippen LogP contribution in [0.1, 0.15) is 5.56 Å². The average molecular weight is 334 g/mol.